The number of imide groups is 1. The first-order chi connectivity index (χ1) is 13.7. The van der Waals surface area contributed by atoms with Gasteiger partial charge in [0.1, 0.15) is 12.1 Å². The number of aryl methyl sites for hydroxylation is 1. The van der Waals surface area contributed by atoms with Gasteiger partial charge in [-0.1, -0.05) is 37.4 Å². The zero-order chi connectivity index (χ0) is 21.2. The molecule has 0 bridgehead atoms. The lowest BCUT2D eigenvalue weighted by molar-refractivity contribution is -0.150. The average molecular weight is 422 g/mol. The highest BCUT2D eigenvalue weighted by molar-refractivity contribution is 6.31. The largest absolute Gasteiger partial charge is 0.454 e. The Bertz CT molecular complexity index is 859. The maximum Gasteiger partial charge on any atom is 0.326 e. The van der Waals surface area contributed by atoms with E-state index in [1.165, 1.54) is 0 Å². The maximum absolute atomic E-state index is 12.8. The van der Waals surface area contributed by atoms with Crippen LogP contribution in [0.25, 0.3) is 0 Å². The minimum Gasteiger partial charge on any atom is -0.454 e. The summed E-state index contributed by atoms with van der Waals surface area (Å²) in [6, 6.07) is 4.45. The fourth-order valence-electron chi connectivity index (χ4n) is 3.87. The summed E-state index contributed by atoms with van der Waals surface area (Å²) in [7, 11) is 0. The minimum atomic E-state index is -0.933. The molecule has 29 heavy (non-hydrogen) atoms. The second kappa shape index (κ2) is 8.41. The van der Waals surface area contributed by atoms with Crippen molar-refractivity contribution in [3.05, 3.63) is 28.8 Å². The van der Waals surface area contributed by atoms with Gasteiger partial charge >= 0.3 is 12.0 Å². The third-order valence-corrected chi connectivity index (χ3v) is 5.86. The van der Waals surface area contributed by atoms with Gasteiger partial charge in [-0.2, -0.15) is 0 Å². The van der Waals surface area contributed by atoms with Gasteiger partial charge < -0.3 is 15.4 Å². The van der Waals surface area contributed by atoms with E-state index in [1.807, 2.05) is 6.92 Å². The highest BCUT2D eigenvalue weighted by Gasteiger charge is 2.55. The highest BCUT2D eigenvalue weighted by Crippen LogP contribution is 2.38. The zero-order valence-electron chi connectivity index (χ0n) is 16.4. The molecule has 1 aromatic carbocycles. The number of halogens is 1. The van der Waals surface area contributed by atoms with Crippen LogP contribution in [0.5, 0.6) is 0 Å². The molecule has 9 heteroatoms. The smallest absolute Gasteiger partial charge is 0.326 e. The average Bonchev–Trinajstić information content (AvgIpc) is 2.90. The number of esters is 1. The second-order valence-electron chi connectivity index (χ2n) is 7.61. The number of hydrogen-bond acceptors (Lipinski definition) is 5. The summed E-state index contributed by atoms with van der Waals surface area (Å²) in [5.74, 6) is -1.77. The molecule has 0 radical (unpaired) electrons. The van der Waals surface area contributed by atoms with E-state index in [-0.39, 0.29) is 5.92 Å². The van der Waals surface area contributed by atoms with Gasteiger partial charge in [-0.3, -0.25) is 19.3 Å². The Morgan fingerprint density at radius 2 is 2.10 bits per heavy atom. The maximum atomic E-state index is 12.8. The van der Waals surface area contributed by atoms with Crippen LogP contribution < -0.4 is 10.6 Å². The fraction of sp³-hybridized carbons (Fsp3) is 0.500. The standard InChI is InChI=1S/C20H24ClN3O5/c1-12-6-7-14(21)9-15(12)22-16(25)11-29-17(26)10-24-18(27)20(23-19(24)28)8-4-3-5-13(20)2/h6-7,9,13H,3-5,8,10-11H2,1-2H3,(H,22,25)(H,23,28)/t13-,20-/m1/s1. The van der Waals surface area contributed by atoms with Gasteiger partial charge in [0, 0.05) is 10.7 Å². The Labute approximate surface area is 173 Å². The van der Waals surface area contributed by atoms with E-state index in [0.717, 1.165) is 29.7 Å². The first kappa shape index (κ1) is 21.1. The van der Waals surface area contributed by atoms with Crippen molar-refractivity contribution in [1.29, 1.82) is 0 Å². The normalized spacial score (nSPS) is 23.8. The van der Waals surface area contributed by atoms with E-state index in [0.29, 0.717) is 17.1 Å². The van der Waals surface area contributed by atoms with Crippen LogP contribution in [0.1, 0.15) is 38.2 Å². The monoisotopic (exact) mass is 421 g/mol. The van der Waals surface area contributed by atoms with E-state index in [9.17, 15) is 19.2 Å². The summed E-state index contributed by atoms with van der Waals surface area (Å²) in [6.45, 7) is 2.68. The Balaban J connectivity index is 1.54. The lowest BCUT2D eigenvalue weighted by atomic mass is 9.73. The Hall–Kier alpha value is -2.61. The number of anilines is 1. The van der Waals surface area contributed by atoms with Gasteiger partial charge in [0.2, 0.25) is 0 Å². The van der Waals surface area contributed by atoms with Crippen molar-refractivity contribution >= 4 is 41.1 Å². The van der Waals surface area contributed by atoms with E-state index in [1.54, 1.807) is 25.1 Å². The number of carbonyl (C=O) groups is 4. The summed E-state index contributed by atoms with van der Waals surface area (Å²) < 4.78 is 4.95. The molecule has 156 valence electrons. The van der Waals surface area contributed by atoms with Gasteiger partial charge in [-0.15, -0.1) is 0 Å². The number of hydrogen-bond donors (Lipinski definition) is 2. The second-order valence-corrected chi connectivity index (χ2v) is 8.04. The predicted molar refractivity (Wildman–Crippen MR) is 106 cm³/mol. The fourth-order valence-corrected chi connectivity index (χ4v) is 4.05. The Morgan fingerprint density at radius 1 is 1.34 bits per heavy atom. The van der Waals surface area contributed by atoms with Crippen LogP contribution >= 0.6 is 11.6 Å². The molecule has 2 aliphatic rings. The molecule has 2 atom stereocenters. The van der Waals surface area contributed by atoms with Crippen LogP contribution in [0, 0.1) is 12.8 Å². The molecule has 1 spiro atoms. The number of ether oxygens (including phenoxy) is 1. The summed E-state index contributed by atoms with van der Waals surface area (Å²) in [6.07, 6.45) is 3.26. The molecule has 8 nitrogen and oxygen atoms in total. The number of urea groups is 1. The van der Waals surface area contributed by atoms with Gasteiger partial charge in [-0.05, 0) is 43.4 Å². The molecular formula is C20H24ClN3O5. The molecule has 1 aliphatic carbocycles. The number of nitrogens with zero attached hydrogens (tertiary/aromatic N) is 1. The highest BCUT2D eigenvalue weighted by atomic mass is 35.5. The first-order valence-corrected chi connectivity index (χ1v) is 9.96. The molecule has 1 aromatic rings. The lowest BCUT2D eigenvalue weighted by Gasteiger charge is -2.36. The summed E-state index contributed by atoms with van der Waals surface area (Å²) in [5.41, 5.74) is 0.387. The third-order valence-electron chi connectivity index (χ3n) is 5.63. The van der Waals surface area contributed by atoms with Crippen molar-refractivity contribution in [2.45, 2.75) is 45.1 Å². The van der Waals surface area contributed by atoms with Crippen LogP contribution in [0.3, 0.4) is 0 Å². The Morgan fingerprint density at radius 3 is 2.83 bits per heavy atom. The van der Waals surface area contributed by atoms with E-state index in [4.69, 9.17) is 16.3 Å². The first-order valence-electron chi connectivity index (χ1n) is 9.58. The zero-order valence-corrected chi connectivity index (χ0v) is 17.2. The molecule has 1 aliphatic heterocycles. The van der Waals surface area contributed by atoms with E-state index < -0.39 is 42.5 Å². The van der Waals surface area contributed by atoms with Crippen molar-refractivity contribution in [2.75, 3.05) is 18.5 Å². The van der Waals surface area contributed by atoms with E-state index in [2.05, 4.69) is 10.6 Å². The quantitative estimate of drug-likeness (QED) is 0.561. The molecule has 1 saturated carbocycles. The number of rotatable bonds is 5. The van der Waals surface area contributed by atoms with Crippen LogP contribution in [0.4, 0.5) is 10.5 Å². The van der Waals surface area contributed by atoms with Crippen molar-refractivity contribution in [3.63, 3.8) is 0 Å². The molecule has 1 heterocycles. The van der Waals surface area contributed by atoms with E-state index >= 15 is 0 Å². The number of amides is 4. The molecule has 2 fully saturated rings. The number of benzene rings is 1. The van der Waals surface area contributed by atoms with Crippen LogP contribution in [0.15, 0.2) is 18.2 Å². The van der Waals surface area contributed by atoms with Gasteiger partial charge in [-0.25, -0.2) is 4.79 Å². The van der Waals surface area contributed by atoms with Gasteiger partial charge in [0.25, 0.3) is 11.8 Å². The predicted octanol–water partition coefficient (Wildman–Crippen LogP) is 2.63. The molecule has 0 aromatic heterocycles. The van der Waals surface area contributed by atoms with Crippen molar-refractivity contribution in [3.8, 4) is 0 Å². The summed E-state index contributed by atoms with van der Waals surface area (Å²) in [5, 5.41) is 5.85. The van der Waals surface area contributed by atoms with Crippen molar-refractivity contribution in [2.24, 2.45) is 5.92 Å². The molecule has 3 rings (SSSR count). The minimum absolute atomic E-state index is 0.000402. The van der Waals surface area contributed by atoms with Crippen molar-refractivity contribution < 1.29 is 23.9 Å². The number of nitrogens with one attached hydrogen (secondary N) is 2. The molecular weight excluding hydrogens is 398 g/mol. The van der Waals surface area contributed by atoms with Crippen LogP contribution in [-0.2, 0) is 19.1 Å². The van der Waals surface area contributed by atoms with Gasteiger partial charge in [0.05, 0.1) is 0 Å². The topological polar surface area (TPSA) is 105 Å². The lowest BCUT2D eigenvalue weighted by Crippen LogP contribution is -2.54. The molecule has 4 amide bonds. The van der Waals surface area contributed by atoms with Crippen LogP contribution in [-0.4, -0.2) is 47.4 Å². The number of carbonyl (C=O) groups excluding carboxylic acids is 4. The summed E-state index contributed by atoms with van der Waals surface area (Å²) in [4.78, 5) is 50.2. The molecule has 1 saturated heterocycles. The SMILES string of the molecule is Cc1ccc(Cl)cc1NC(=O)COC(=O)CN1C(=O)N[C@@]2(CCCC[C@H]2C)C1=O. The van der Waals surface area contributed by atoms with Crippen molar-refractivity contribution in [1.82, 2.24) is 10.2 Å². The molecule has 2 N–H and O–H groups in total. The summed E-state index contributed by atoms with van der Waals surface area (Å²) >= 11 is 5.91. The molecule has 0 unspecified atom stereocenters. The third kappa shape index (κ3) is 4.37. The van der Waals surface area contributed by atoms with Gasteiger partial charge in [0.15, 0.2) is 6.61 Å². The van der Waals surface area contributed by atoms with Crippen LogP contribution in [0.2, 0.25) is 5.02 Å². The Kier molecular flexibility index (Phi) is 6.12.